The Morgan fingerprint density at radius 3 is 2.03 bits per heavy atom. The Morgan fingerprint density at radius 2 is 1.33 bits per heavy atom. The third kappa shape index (κ3) is 4.84. The molecular formula is C26H26N2O2. The van der Waals surface area contributed by atoms with Gasteiger partial charge >= 0.3 is 0 Å². The molecule has 3 aromatic rings. The largest absolute Gasteiger partial charge is 0.348 e. The molecule has 1 N–H and O–H groups in total. The molecule has 0 aromatic heterocycles. The number of ketones is 1. The molecule has 3 aromatic carbocycles. The van der Waals surface area contributed by atoms with Crippen LogP contribution in [0.25, 0.3) is 0 Å². The Labute approximate surface area is 177 Å². The van der Waals surface area contributed by atoms with Gasteiger partial charge in [0.2, 0.25) is 0 Å². The van der Waals surface area contributed by atoms with Crippen molar-refractivity contribution in [2.75, 3.05) is 13.1 Å². The smallest absolute Gasteiger partial charge is 0.252 e. The van der Waals surface area contributed by atoms with Gasteiger partial charge in [-0.25, -0.2) is 0 Å². The van der Waals surface area contributed by atoms with Crippen molar-refractivity contribution in [1.29, 1.82) is 0 Å². The average molecular weight is 399 g/mol. The van der Waals surface area contributed by atoms with Crippen molar-refractivity contribution < 1.29 is 9.59 Å². The summed E-state index contributed by atoms with van der Waals surface area (Å²) in [4.78, 5) is 28.1. The molecule has 4 heteroatoms. The van der Waals surface area contributed by atoms with E-state index in [1.807, 2.05) is 18.2 Å². The Bertz CT molecular complexity index is 1010. The van der Waals surface area contributed by atoms with Crippen molar-refractivity contribution in [3.63, 3.8) is 0 Å². The molecule has 0 bridgehead atoms. The van der Waals surface area contributed by atoms with Crippen LogP contribution in [0.4, 0.5) is 0 Å². The molecule has 1 aliphatic heterocycles. The van der Waals surface area contributed by atoms with E-state index >= 15 is 0 Å². The van der Waals surface area contributed by atoms with Crippen LogP contribution in [-0.4, -0.2) is 29.7 Å². The van der Waals surface area contributed by atoms with E-state index in [-0.39, 0.29) is 11.7 Å². The maximum Gasteiger partial charge on any atom is 0.252 e. The minimum absolute atomic E-state index is 0.146. The first-order valence-corrected chi connectivity index (χ1v) is 10.5. The van der Waals surface area contributed by atoms with Crippen molar-refractivity contribution in [1.82, 2.24) is 10.2 Å². The first kappa shape index (κ1) is 20.0. The standard InChI is InChI=1S/C26H26N2O2/c29-25(22-8-2-1-3-9-22)23-10-4-5-11-24(23)26(30)27-18-20-12-14-21(15-13-20)19-28-16-6-7-17-28/h1-5,8-15H,6-7,16-19H2,(H,27,30). The first-order valence-electron chi connectivity index (χ1n) is 10.5. The Kier molecular flexibility index (Phi) is 6.35. The predicted octanol–water partition coefficient (Wildman–Crippen LogP) is 4.44. The normalized spacial score (nSPS) is 13.9. The third-order valence-electron chi connectivity index (χ3n) is 5.53. The number of nitrogens with one attached hydrogen (secondary N) is 1. The van der Waals surface area contributed by atoms with Crippen molar-refractivity contribution in [2.45, 2.75) is 25.9 Å². The summed E-state index contributed by atoms with van der Waals surface area (Å²) in [6, 6.07) is 24.4. The topological polar surface area (TPSA) is 49.4 Å². The molecule has 0 saturated carbocycles. The number of benzene rings is 3. The third-order valence-corrected chi connectivity index (χ3v) is 5.53. The zero-order valence-electron chi connectivity index (χ0n) is 17.0. The Morgan fingerprint density at radius 1 is 0.733 bits per heavy atom. The minimum Gasteiger partial charge on any atom is -0.348 e. The SMILES string of the molecule is O=C(NCc1ccc(CN2CCCC2)cc1)c1ccccc1C(=O)c1ccccc1. The lowest BCUT2D eigenvalue weighted by Crippen LogP contribution is -2.25. The fraction of sp³-hybridized carbons (Fsp3) is 0.231. The van der Waals surface area contributed by atoms with E-state index in [9.17, 15) is 9.59 Å². The zero-order chi connectivity index (χ0) is 20.8. The number of hydrogen-bond acceptors (Lipinski definition) is 3. The van der Waals surface area contributed by atoms with E-state index in [0.717, 1.165) is 12.1 Å². The highest BCUT2D eigenvalue weighted by molar-refractivity contribution is 6.15. The van der Waals surface area contributed by atoms with Gasteiger partial charge in [-0.1, -0.05) is 72.8 Å². The van der Waals surface area contributed by atoms with E-state index in [1.165, 1.54) is 31.5 Å². The number of hydrogen-bond donors (Lipinski definition) is 1. The van der Waals surface area contributed by atoms with Gasteiger partial charge in [-0.05, 0) is 43.1 Å². The lowest BCUT2D eigenvalue weighted by molar-refractivity contribution is 0.0939. The Hall–Kier alpha value is -3.24. The molecule has 4 nitrogen and oxygen atoms in total. The molecule has 1 amide bonds. The van der Waals surface area contributed by atoms with Gasteiger partial charge in [0.1, 0.15) is 0 Å². The number of nitrogens with zero attached hydrogens (tertiary/aromatic N) is 1. The molecule has 0 unspecified atom stereocenters. The van der Waals surface area contributed by atoms with Crippen LogP contribution in [0.2, 0.25) is 0 Å². The van der Waals surface area contributed by atoms with Crippen LogP contribution >= 0.6 is 0 Å². The highest BCUT2D eigenvalue weighted by Gasteiger charge is 2.17. The summed E-state index contributed by atoms with van der Waals surface area (Å²) in [5.74, 6) is -0.386. The lowest BCUT2D eigenvalue weighted by Gasteiger charge is -2.15. The average Bonchev–Trinajstić information content (AvgIpc) is 3.31. The second kappa shape index (κ2) is 9.51. The van der Waals surface area contributed by atoms with E-state index in [4.69, 9.17) is 0 Å². The number of likely N-dealkylation sites (tertiary alicyclic amines) is 1. The van der Waals surface area contributed by atoms with E-state index < -0.39 is 0 Å². The fourth-order valence-corrected chi connectivity index (χ4v) is 3.86. The molecule has 1 saturated heterocycles. The van der Waals surface area contributed by atoms with Gasteiger partial charge < -0.3 is 5.32 Å². The maximum atomic E-state index is 12.8. The molecule has 30 heavy (non-hydrogen) atoms. The summed E-state index contributed by atoms with van der Waals surface area (Å²) >= 11 is 0. The number of carbonyl (C=O) groups excluding carboxylic acids is 2. The van der Waals surface area contributed by atoms with Crippen LogP contribution < -0.4 is 5.32 Å². The number of carbonyl (C=O) groups is 2. The van der Waals surface area contributed by atoms with Crippen molar-refractivity contribution in [3.8, 4) is 0 Å². The summed E-state index contributed by atoms with van der Waals surface area (Å²) in [5.41, 5.74) is 3.73. The molecule has 4 rings (SSSR count). The van der Waals surface area contributed by atoms with Crippen molar-refractivity contribution in [3.05, 3.63) is 107 Å². The van der Waals surface area contributed by atoms with Crippen LogP contribution in [0.15, 0.2) is 78.9 Å². The molecule has 1 aliphatic rings. The monoisotopic (exact) mass is 398 g/mol. The summed E-state index contributed by atoms with van der Waals surface area (Å²) in [6.45, 7) is 3.77. The molecule has 1 heterocycles. The summed E-state index contributed by atoms with van der Waals surface area (Å²) in [5, 5.41) is 2.95. The van der Waals surface area contributed by atoms with Gasteiger partial charge in [-0.2, -0.15) is 0 Å². The van der Waals surface area contributed by atoms with Crippen LogP contribution in [0.5, 0.6) is 0 Å². The second-order valence-corrected chi connectivity index (χ2v) is 7.72. The molecule has 152 valence electrons. The molecule has 0 atom stereocenters. The summed E-state index contributed by atoms with van der Waals surface area (Å²) in [7, 11) is 0. The van der Waals surface area contributed by atoms with E-state index in [2.05, 4.69) is 34.5 Å². The van der Waals surface area contributed by atoms with Crippen molar-refractivity contribution >= 4 is 11.7 Å². The predicted molar refractivity (Wildman–Crippen MR) is 118 cm³/mol. The van der Waals surface area contributed by atoms with E-state index in [1.54, 1.807) is 36.4 Å². The zero-order valence-corrected chi connectivity index (χ0v) is 17.0. The summed E-state index contributed by atoms with van der Waals surface area (Å²) in [6.07, 6.45) is 2.58. The second-order valence-electron chi connectivity index (χ2n) is 7.72. The maximum absolute atomic E-state index is 12.8. The lowest BCUT2D eigenvalue weighted by atomic mass is 9.98. The van der Waals surface area contributed by atoms with Gasteiger partial charge in [0.05, 0.1) is 5.56 Å². The highest BCUT2D eigenvalue weighted by atomic mass is 16.2. The quantitative estimate of drug-likeness (QED) is 0.599. The Balaban J connectivity index is 1.40. The molecule has 0 aliphatic carbocycles. The van der Waals surface area contributed by atoms with Gasteiger partial charge in [0.15, 0.2) is 5.78 Å². The van der Waals surface area contributed by atoms with Gasteiger partial charge in [-0.3, -0.25) is 14.5 Å². The minimum atomic E-state index is -0.240. The highest BCUT2D eigenvalue weighted by Crippen LogP contribution is 2.16. The van der Waals surface area contributed by atoms with Gasteiger partial charge in [0, 0.05) is 24.2 Å². The van der Waals surface area contributed by atoms with E-state index in [0.29, 0.717) is 23.2 Å². The number of amides is 1. The molecular weight excluding hydrogens is 372 g/mol. The first-order chi connectivity index (χ1) is 14.7. The van der Waals surface area contributed by atoms with Crippen molar-refractivity contribution in [2.24, 2.45) is 0 Å². The van der Waals surface area contributed by atoms with Crippen LogP contribution in [0, 0.1) is 0 Å². The molecule has 0 radical (unpaired) electrons. The molecule has 1 fully saturated rings. The number of rotatable bonds is 7. The van der Waals surface area contributed by atoms with Crippen LogP contribution in [0.3, 0.4) is 0 Å². The van der Waals surface area contributed by atoms with Crippen LogP contribution in [0.1, 0.15) is 50.2 Å². The van der Waals surface area contributed by atoms with Crippen LogP contribution in [-0.2, 0) is 13.1 Å². The molecule has 0 spiro atoms. The summed E-state index contributed by atoms with van der Waals surface area (Å²) < 4.78 is 0. The fourth-order valence-electron chi connectivity index (χ4n) is 3.86. The van der Waals surface area contributed by atoms with Gasteiger partial charge in [0.25, 0.3) is 5.91 Å². The van der Waals surface area contributed by atoms with Gasteiger partial charge in [-0.15, -0.1) is 0 Å².